The Labute approximate surface area is 172 Å². The Bertz CT molecular complexity index is 1030. The number of nitrogens with zero attached hydrogens (tertiary/aromatic N) is 3. The Morgan fingerprint density at radius 1 is 1.13 bits per heavy atom. The van der Waals surface area contributed by atoms with Gasteiger partial charge < -0.3 is 9.73 Å². The van der Waals surface area contributed by atoms with Gasteiger partial charge in [0.2, 0.25) is 11.8 Å². The van der Waals surface area contributed by atoms with E-state index in [2.05, 4.69) is 20.5 Å². The fourth-order valence-electron chi connectivity index (χ4n) is 3.74. The average Bonchev–Trinajstić information content (AvgIpc) is 3.25. The van der Waals surface area contributed by atoms with E-state index in [1.807, 2.05) is 19.1 Å². The molecule has 30 heavy (non-hydrogen) atoms. The number of aromatic nitrogens is 3. The first kappa shape index (κ1) is 20.1. The quantitative estimate of drug-likeness (QED) is 0.671. The molecule has 3 aromatic rings. The lowest BCUT2D eigenvalue weighted by molar-refractivity contribution is 0.0937. The second-order valence-corrected chi connectivity index (χ2v) is 7.66. The largest absolute Gasteiger partial charge is 0.420 e. The molecule has 0 unspecified atom stereocenters. The lowest BCUT2D eigenvalue weighted by Crippen LogP contribution is -2.31. The van der Waals surface area contributed by atoms with Gasteiger partial charge in [0, 0.05) is 24.4 Å². The fourth-order valence-corrected chi connectivity index (χ4v) is 3.74. The first-order valence-electron chi connectivity index (χ1n) is 10.00. The number of nitrogens with one attached hydrogen (secondary N) is 1. The Morgan fingerprint density at radius 2 is 1.93 bits per heavy atom. The molecule has 1 amide bonds. The summed E-state index contributed by atoms with van der Waals surface area (Å²) in [4.78, 5) is 16.4. The van der Waals surface area contributed by atoms with E-state index in [0.717, 1.165) is 43.0 Å². The minimum Gasteiger partial charge on any atom is -0.420 e. The third-order valence-electron chi connectivity index (χ3n) is 5.54. The van der Waals surface area contributed by atoms with Gasteiger partial charge in [-0.3, -0.25) is 9.78 Å². The van der Waals surface area contributed by atoms with E-state index in [0.29, 0.717) is 18.3 Å². The van der Waals surface area contributed by atoms with Crippen LogP contribution in [0, 0.1) is 24.5 Å². The van der Waals surface area contributed by atoms with Gasteiger partial charge in [-0.15, -0.1) is 10.2 Å². The summed E-state index contributed by atoms with van der Waals surface area (Å²) in [5.74, 6) is -1.21. The zero-order valence-electron chi connectivity index (χ0n) is 16.6. The van der Waals surface area contributed by atoms with Gasteiger partial charge in [0.15, 0.2) is 11.6 Å². The van der Waals surface area contributed by atoms with Crippen molar-refractivity contribution >= 4 is 5.91 Å². The molecule has 0 bridgehead atoms. The smallest absolute Gasteiger partial charge is 0.254 e. The summed E-state index contributed by atoms with van der Waals surface area (Å²) in [6.45, 7) is 2.34. The van der Waals surface area contributed by atoms with Crippen molar-refractivity contribution in [2.24, 2.45) is 5.92 Å². The van der Waals surface area contributed by atoms with Crippen molar-refractivity contribution in [1.82, 2.24) is 20.5 Å². The summed E-state index contributed by atoms with van der Waals surface area (Å²) in [6.07, 6.45) is 5.19. The summed E-state index contributed by atoms with van der Waals surface area (Å²) >= 11 is 0. The number of hydrogen-bond acceptors (Lipinski definition) is 5. The molecule has 0 aliphatic heterocycles. The predicted octanol–water partition coefficient (Wildman–Crippen LogP) is 4.42. The van der Waals surface area contributed by atoms with Crippen molar-refractivity contribution in [2.75, 3.05) is 6.54 Å². The zero-order valence-corrected chi connectivity index (χ0v) is 16.6. The molecular weight excluding hydrogens is 390 g/mol. The highest BCUT2D eigenvalue weighted by molar-refractivity contribution is 5.94. The summed E-state index contributed by atoms with van der Waals surface area (Å²) in [5, 5.41) is 11.1. The first-order valence-corrected chi connectivity index (χ1v) is 10.00. The number of carbonyl (C=O) groups excluding carboxylic acids is 1. The molecule has 0 saturated heterocycles. The van der Waals surface area contributed by atoms with Crippen molar-refractivity contribution in [3.8, 4) is 11.5 Å². The third-order valence-corrected chi connectivity index (χ3v) is 5.54. The van der Waals surface area contributed by atoms with Crippen LogP contribution in [0.2, 0.25) is 0 Å². The Kier molecular flexibility index (Phi) is 5.83. The lowest BCUT2D eigenvalue weighted by atomic mass is 9.82. The average molecular weight is 412 g/mol. The molecule has 8 heteroatoms. The highest BCUT2D eigenvalue weighted by atomic mass is 19.2. The van der Waals surface area contributed by atoms with Crippen LogP contribution in [0.5, 0.6) is 0 Å². The second kappa shape index (κ2) is 8.69. The van der Waals surface area contributed by atoms with Crippen LogP contribution >= 0.6 is 0 Å². The molecule has 1 saturated carbocycles. The van der Waals surface area contributed by atoms with Gasteiger partial charge in [-0.2, -0.15) is 0 Å². The lowest BCUT2D eigenvalue weighted by Gasteiger charge is -2.26. The third kappa shape index (κ3) is 4.37. The van der Waals surface area contributed by atoms with Gasteiger partial charge in [-0.05, 0) is 62.8 Å². The standard InChI is InChI=1S/C22H22F2N4O2/c1-13-5-8-16(12-25-13)22-28-27-21(30-22)15-9-6-14(7-10-15)11-26-20(29)17-3-2-4-18(23)19(17)24/h2-5,8,12,14-15H,6-7,9-11H2,1H3,(H,26,29). The zero-order chi connectivity index (χ0) is 21.1. The molecule has 2 heterocycles. The Morgan fingerprint density at radius 3 is 2.67 bits per heavy atom. The van der Waals surface area contributed by atoms with Gasteiger partial charge in [0.25, 0.3) is 5.91 Å². The highest BCUT2D eigenvalue weighted by Crippen LogP contribution is 2.35. The molecule has 1 aromatic carbocycles. The molecule has 6 nitrogen and oxygen atoms in total. The topological polar surface area (TPSA) is 80.9 Å². The van der Waals surface area contributed by atoms with E-state index in [1.54, 1.807) is 6.20 Å². The van der Waals surface area contributed by atoms with Gasteiger partial charge in [-0.25, -0.2) is 8.78 Å². The monoisotopic (exact) mass is 412 g/mol. The van der Waals surface area contributed by atoms with Crippen molar-refractivity contribution in [3.63, 3.8) is 0 Å². The van der Waals surface area contributed by atoms with Crippen LogP contribution in [0.4, 0.5) is 8.78 Å². The number of rotatable bonds is 5. The van der Waals surface area contributed by atoms with Crippen LogP contribution in [-0.4, -0.2) is 27.6 Å². The maximum Gasteiger partial charge on any atom is 0.254 e. The van der Waals surface area contributed by atoms with Crippen molar-refractivity contribution < 1.29 is 18.0 Å². The summed E-state index contributed by atoms with van der Waals surface area (Å²) < 4.78 is 32.9. The van der Waals surface area contributed by atoms with Crippen molar-refractivity contribution in [3.05, 3.63) is 65.3 Å². The minimum atomic E-state index is -1.12. The number of aryl methyl sites for hydroxylation is 1. The molecule has 1 aliphatic rings. The minimum absolute atomic E-state index is 0.178. The van der Waals surface area contributed by atoms with E-state index in [-0.39, 0.29) is 17.4 Å². The molecule has 0 atom stereocenters. The SMILES string of the molecule is Cc1ccc(-c2nnc(C3CCC(CNC(=O)c4cccc(F)c4F)CC3)o2)cn1. The van der Waals surface area contributed by atoms with Crippen LogP contribution in [0.15, 0.2) is 40.9 Å². The van der Waals surface area contributed by atoms with Crippen LogP contribution in [0.25, 0.3) is 11.5 Å². The molecule has 1 fully saturated rings. The first-order chi connectivity index (χ1) is 14.5. The summed E-state index contributed by atoms with van der Waals surface area (Å²) in [6, 6.07) is 7.39. The molecule has 156 valence electrons. The normalized spacial score (nSPS) is 18.9. The fraction of sp³-hybridized carbons (Fsp3) is 0.364. The molecule has 0 spiro atoms. The molecule has 4 rings (SSSR count). The maximum absolute atomic E-state index is 13.7. The number of halogens is 2. The molecule has 1 aliphatic carbocycles. The predicted molar refractivity (Wildman–Crippen MR) is 106 cm³/mol. The van der Waals surface area contributed by atoms with Crippen molar-refractivity contribution in [1.29, 1.82) is 0 Å². The van der Waals surface area contributed by atoms with E-state index in [1.165, 1.54) is 12.1 Å². The van der Waals surface area contributed by atoms with E-state index in [4.69, 9.17) is 4.42 Å². The number of amides is 1. The summed E-state index contributed by atoms with van der Waals surface area (Å²) in [7, 11) is 0. The second-order valence-electron chi connectivity index (χ2n) is 7.66. The van der Waals surface area contributed by atoms with Crippen LogP contribution in [-0.2, 0) is 0 Å². The maximum atomic E-state index is 13.7. The van der Waals surface area contributed by atoms with Gasteiger partial charge in [0.05, 0.1) is 11.1 Å². The molecule has 1 N–H and O–H groups in total. The van der Waals surface area contributed by atoms with Gasteiger partial charge >= 0.3 is 0 Å². The van der Waals surface area contributed by atoms with Crippen LogP contribution < -0.4 is 5.32 Å². The van der Waals surface area contributed by atoms with E-state index < -0.39 is 17.5 Å². The van der Waals surface area contributed by atoms with Gasteiger partial charge in [0.1, 0.15) is 0 Å². The van der Waals surface area contributed by atoms with E-state index >= 15 is 0 Å². The van der Waals surface area contributed by atoms with Crippen molar-refractivity contribution in [2.45, 2.75) is 38.5 Å². The Balaban J connectivity index is 1.29. The number of benzene rings is 1. The van der Waals surface area contributed by atoms with Crippen LogP contribution in [0.1, 0.15) is 53.5 Å². The number of carbonyl (C=O) groups is 1. The van der Waals surface area contributed by atoms with E-state index in [9.17, 15) is 13.6 Å². The number of pyridine rings is 1. The molecular formula is C22H22F2N4O2. The summed E-state index contributed by atoms with van der Waals surface area (Å²) in [5.41, 5.74) is 1.44. The Hall–Kier alpha value is -3.16. The van der Waals surface area contributed by atoms with Gasteiger partial charge in [-0.1, -0.05) is 6.07 Å². The van der Waals surface area contributed by atoms with Crippen LogP contribution in [0.3, 0.4) is 0 Å². The highest BCUT2D eigenvalue weighted by Gasteiger charge is 2.27. The molecule has 0 radical (unpaired) electrons. The molecule has 2 aromatic heterocycles. The number of hydrogen-bond donors (Lipinski definition) is 1.